The first-order chi connectivity index (χ1) is 5.97. The van der Waals surface area contributed by atoms with Crippen molar-refractivity contribution in [1.29, 1.82) is 0 Å². The van der Waals surface area contributed by atoms with Crippen molar-refractivity contribution in [2.75, 3.05) is 6.61 Å². The molecule has 1 aromatic carbocycles. The summed E-state index contributed by atoms with van der Waals surface area (Å²) in [6, 6.07) is 1.69. The minimum atomic E-state index is -3.53. The molecule has 0 unspecified atom stereocenters. The number of rotatable bonds is 2. The van der Waals surface area contributed by atoms with Gasteiger partial charge in [0, 0.05) is 5.56 Å². The number of hydrogen-bond acceptors (Lipinski definition) is 1. The molecule has 1 nitrogen and oxygen atoms in total. The molecule has 0 fully saturated rings. The molecule has 72 valence electrons. The maximum atomic E-state index is 12.7. The molecular weight excluding hydrogens is 188 g/mol. The zero-order valence-corrected chi connectivity index (χ0v) is 6.40. The van der Waals surface area contributed by atoms with Crippen LogP contribution in [0, 0.1) is 11.6 Å². The van der Waals surface area contributed by atoms with E-state index in [2.05, 4.69) is 0 Å². The maximum absolute atomic E-state index is 12.7. The van der Waals surface area contributed by atoms with Gasteiger partial charge in [-0.2, -0.15) is 8.78 Å². The molecule has 0 radical (unpaired) electrons. The molecule has 0 saturated heterocycles. The van der Waals surface area contributed by atoms with Gasteiger partial charge in [-0.3, -0.25) is 0 Å². The molecular formula is C8H6F4O. The number of benzene rings is 1. The summed E-state index contributed by atoms with van der Waals surface area (Å²) >= 11 is 0. The van der Waals surface area contributed by atoms with Crippen molar-refractivity contribution >= 4 is 0 Å². The second kappa shape index (κ2) is 3.33. The largest absolute Gasteiger partial charge is 0.390 e. The van der Waals surface area contributed by atoms with Crippen molar-refractivity contribution in [3.63, 3.8) is 0 Å². The quantitative estimate of drug-likeness (QED) is 0.714. The highest BCUT2D eigenvalue weighted by Crippen LogP contribution is 2.27. The predicted octanol–water partition coefficient (Wildman–Crippen LogP) is 2.05. The number of aliphatic hydroxyl groups excluding tert-OH is 1. The van der Waals surface area contributed by atoms with Crippen molar-refractivity contribution in [3.05, 3.63) is 35.4 Å². The van der Waals surface area contributed by atoms with Crippen LogP contribution in [0.15, 0.2) is 18.2 Å². The predicted molar refractivity (Wildman–Crippen MR) is 37.3 cm³/mol. The summed E-state index contributed by atoms with van der Waals surface area (Å²) in [7, 11) is 0. The Hall–Kier alpha value is -1.10. The van der Waals surface area contributed by atoms with Gasteiger partial charge in [0.1, 0.15) is 6.61 Å². The zero-order valence-electron chi connectivity index (χ0n) is 6.40. The van der Waals surface area contributed by atoms with Gasteiger partial charge in [0.25, 0.3) is 5.92 Å². The molecule has 0 aliphatic heterocycles. The number of halogens is 4. The fraction of sp³-hybridized carbons (Fsp3) is 0.250. The lowest BCUT2D eigenvalue weighted by Gasteiger charge is -2.13. The van der Waals surface area contributed by atoms with Crippen LogP contribution >= 0.6 is 0 Å². The molecule has 0 bridgehead atoms. The van der Waals surface area contributed by atoms with E-state index in [4.69, 9.17) is 5.11 Å². The average Bonchev–Trinajstić information content (AvgIpc) is 2.09. The van der Waals surface area contributed by atoms with Gasteiger partial charge in [0.15, 0.2) is 11.6 Å². The van der Waals surface area contributed by atoms with Gasteiger partial charge >= 0.3 is 0 Å². The van der Waals surface area contributed by atoms with Crippen molar-refractivity contribution in [2.45, 2.75) is 5.92 Å². The fourth-order valence-electron chi connectivity index (χ4n) is 0.815. The van der Waals surface area contributed by atoms with E-state index in [-0.39, 0.29) is 0 Å². The minimum Gasteiger partial charge on any atom is -0.390 e. The van der Waals surface area contributed by atoms with Gasteiger partial charge in [0.05, 0.1) is 0 Å². The number of aliphatic hydroxyl groups is 1. The second-order valence-electron chi connectivity index (χ2n) is 2.49. The first kappa shape index (κ1) is 9.98. The lowest BCUT2D eigenvalue weighted by atomic mass is 10.1. The van der Waals surface area contributed by atoms with Crippen LogP contribution in [0.3, 0.4) is 0 Å². The van der Waals surface area contributed by atoms with Gasteiger partial charge in [-0.15, -0.1) is 0 Å². The topological polar surface area (TPSA) is 20.2 Å². The average molecular weight is 194 g/mol. The Bertz CT molecular complexity index is 311. The monoisotopic (exact) mass is 194 g/mol. The minimum absolute atomic E-state index is 0.367. The zero-order chi connectivity index (χ0) is 10.1. The Morgan fingerprint density at radius 2 is 1.77 bits per heavy atom. The van der Waals surface area contributed by atoms with Crippen molar-refractivity contribution < 1.29 is 22.7 Å². The molecule has 1 N–H and O–H groups in total. The molecule has 0 spiro atoms. The lowest BCUT2D eigenvalue weighted by Crippen LogP contribution is -2.18. The fourth-order valence-corrected chi connectivity index (χ4v) is 0.815. The van der Waals surface area contributed by atoms with Gasteiger partial charge < -0.3 is 5.11 Å². The van der Waals surface area contributed by atoms with E-state index in [1.807, 2.05) is 0 Å². The Morgan fingerprint density at radius 3 is 2.23 bits per heavy atom. The molecule has 0 amide bonds. The maximum Gasteiger partial charge on any atom is 0.295 e. The third-order valence-electron chi connectivity index (χ3n) is 1.54. The standard InChI is InChI=1S/C8H6F4O/c9-6-2-1-5(3-7(6)10)8(11,12)4-13/h1-3,13H,4H2. The summed E-state index contributed by atoms with van der Waals surface area (Å²) in [6.45, 7) is -1.43. The molecule has 13 heavy (non-hydrogen) atoms. The van der Waals surface area contributed by atoms with Crippen molar-refractivity contribution in [2.24, 2.45) is 0 Å². The molecule has 0 saturated carbocycles. The van der Waals surface area contributed by atoms with Crippen LogP contribution in [-0.2, 0) is 5.92 Å². The van der Waals surface area contributed by atoms with Gasteiger partial charge in [-0.05, 0) is 18.2 Å². The van der Waals surface area contributed by atoms with Crippen LogP contribution in [0.5, 0.6) is 0 Å². The van der Waals surface area contributed by atoms with Crippen LogP contribution in [-0.4, -0.2) is 11.7 Å². The summed E-state index contributed by atoms with van der Waals surface area (Å²) in [5.74, 6) is -6.09. The number of hydrogen-bond donors (Lipinski definition) is 1. The summed E-state index contributed by atoms with van der Waals surface area (Å²) in [4.78, 5) is 0. The highest BCUT2D eigenvalue weighted by molar-refractivity contribution is 5.22. The molecule has 1 aromatic rings. The summed E-state index contributed by atoms with van der Waals surface area (Å²) < 4.78 is 50.1. The highest BCUT2D eigenvalue weighted by Gasteiger charge is 2.31. The third kappa shape index (κ3) is 1.98. The third-order valence-corrected chi connectivity index (χ3v) is 1.54. The number of alkyl halides is 2. The van der Waals surface area contributed by atoms with E-state index in [1.54, 1.807) is 0 Å². The Labute approximate surface area is 71.6 Å². The van der Waals surface area contributed by atoms with E-state index in [9.17, 15) is 17.6 Å². The Kier molecular flexibility index (Phi) is 2.56. The molecule has 0 heterocycles. The van der Waals surface area contributed by atoms with Gasteiger partial charge in [-0.25, -0.2) is 8.78 Å². The van der Waals surface area contributed by atoms with E-state index >= 15 is 0 Å². The molecule has 5 heteroatoms. The first-order valence-electron chi connectivity index (χ1n) is 3.41. The van der Waals surface area contributed by atoms with Gasteiger partial charge in [0.2, 0.25) is 0 Å². The molecule has 0 aliphatic carbocycles. The molecule has 1 rings (SSSR count). The van der Waals surface area contributed by atoms with E-state index in [1.165, 1.54) is 0 Å². The van der Waals surface area contributed by atoms with Crippen LogP contribution in [0.25, 0.3) is 0 Å². The Balaban J connectivity index is 3.10. The summed E-state index contributed by atoms with van der Waals surface area (Å²) in [5, 5.41) is 8.24. The lowest BCUT2D eigenvalue weighted by molar-refractivity contribution is -0.0558. The molecule has 0 atom stereocenters. The van der Waals surface area contributed by atoms with E-state index in [0.717, 1.165) is 6.07 Å². The Morgan fingerprint density at radius 1 is 1.15 bits per heavy atom. The van der Waals surface area contributed by atoms with Crippen LogP contribution in [0.2, 0.25) is 0 Å². The SMILES string of the molecule is OCC(F)(F)c1ccc(F)c(F)c1. The molecule has 0 aromatic heterocycles. The normalized spacial score (nSPS) is 11.8. The highest BCUT2D eigenvalue weighted by atomic mass is 19.3. The second-order valence-corrected chi connectivity index (χ2v) is 2.49. The van der Waals surface area contributed by atoms with Crippen LogP contribution in [0.4, 0.5) is 17.6 Å². The molecule has 0 aliphatic rings. The van der Waals surface area contributed by atoms with Gasteiger partial charge in [-0.1, -0.05) is 0 Å². The van der Waals surface area contributed by atoms with E-state index in [0.29, 0.717) is 12.1 Å². The van der Waals surface area contributed by atoms with Crippen LogP contribution in [0.1, 0.15) is 5.56 Å². The van der Waals surface area contributed by atoms with Crippen molar-refractivity contribution in [1.82, 2.24) is 0 Å². The van der Waals surface area contributed by atoms with E-state index < -0.39 is 29.7 Å². The summed E-state index contributed by atoms with van der Waals surface area (Å²) in [5.41, 5.74) is -0.742. The summed E-state index contributed by atoms with van der Waals surface area (Å²) in [6.07, 6.45) is 0. The van der Waals surface area contributed by atoms with Crippen molar-refractivity contribution in [3.8, 4) is 0 Å². The first-order valence-corrected chi connectivity index (χ1v) is 3.41. The smallest absolute Gasteiger partial charge is 0.295 e. The van der Waals surface area contributed by atoms with Crippen LogP contribution < -0.4 is 0 Å².